The highest BCUT2D eigenvalue weighted by atomic mass is 32.2. The second-order valence-corrected chi connectivity index (χ2v) is 12.3. The molecule has 0 bridgehead atoms. The monoisotopic (exact) mass is 553 g/mol. The number of carboxylic acids is 1. The second-order valence-electron chi connectivity index (χ2n) is 10.6. The quantitative estimate of drug-likeness (QED) is 0.382. The third kappa shape index (κ3) is 6.03. The molecule has 3 N–H and O–H groups in total. The number of rotatable bonds is 8. The first-order chi connectivity index (χ1) is 18.7. The molecule has 1 amide bonds. The zero-order valence-electron chi connectivity index (χ0n) is 22.1. The van der Waals surface area contributed by atoms with Crippen LogP contribution in [0.2, 0.25) is 0 Å². The number of nitrogens with one attached hydrogen (secondary N) is 2. The van der Waals surface area contributed by atoms with Gasteiger partial charge in [-0.05, 0) is 74.3 Å². The summed E-state index contributed by atoms with van der Waals surface area (Å²) in [6.07, 6.45) is 4.27. The molecule has 10 heteroatoms. The standard InChI is InChI=1S/C29H35N3O6S/c1-38-18-19-5-7-20(8-6-19)25-16-22-11-14-24(17-26(22)30-25)39(36,37)31-23-12-9-21(10-13-23)28(33)32-15-3-2-4-27(32)29(34)35/h5-8,11,14,16-17,21,23,27,30-31H,2-4,9-10,12-13,15,18H2,1H3,(H,34,35)/t21-,23-,27?. The fourth-order valence-electron chi connectivity index (χ4n) is 5.81. The number of nitrogens with zero attached hydrogens (tertiary/aromatic N) is 1. The first kappa shape index (κ1) is 27.4. The van der Waals surface area contributed by atoms with Crippen molar-refractivity contribution in [1.29, 1.82) is 0 Å². The number of carbonyl (C=O) groups is 2. The number of benzene rings is 2. The fourth-order valence-corrected chi connectivity index (χ4v) is 7.14. The van der Waals surface area contributed by atoms with E-state index >= 15 is 0 Å². The van der Waals surface area contributed by atoms with Crippen LogP contribution in [0.25, 0.3) is 22.2 Å². The van der Waals surface area contributed by atoms with Crippen molar-refractivity contribution in [1.82, 2.24) is 14.6 Å². The summed E-state index contributed by atoms with van der Waals surface area (Å²) in [6.45, 7) is 1.02. The number of aliphatic carboxylic acids is 1. The zero-order chi connectivity index (χ0) is 27.6. The lowest BCUT2D eigenvalue weighted by Gasteiger charge is -2.37. The number of fused-ring (bicyclic) bond motifs is 1. The van der Waals surface area contributed by atoms with Crippen LogP contribution in [0.1, 0.15) is 50.5 Å². The number of aromatic nitrogens is 1. The maximum absolute atomic E-state index is 13.2. The molecule has 1 saturated carbocycles. The summed E-state index contributed by atoms with van der Waals surface area (Å²) in [6, 6.07) is 14.1. The fraction of sp³-hybridized carbons (Fsp3) is 0.448. The third-order valence-electron chi connectivity index (χ3n) is 7.95. The van der Waals surface area contributed by atoms with Gasteiger partial charge in [-0.25, -0.2) is 17.9 Å². The minimum Gasteiger partial charge on any atom is -0.480 e. The zero-order valence-corrected chi connectivity index (χ0v) is 22.9. The molecule has 1 aliphatic heterocycles. The molecule has 208 valence electrons. The molecule has 1 unspecified atom stereocenters. The van der Waals surface area contributed by atoms with Crippen molar-refractivity contribution >= 4 is 32.8 Å². The van der Waals surface area contributed by atoms with Gasteiger partial charge in [0.2, 0.25) is 15.9 Å². The van der Waals surface area contributed by atoms with E-state index < -0.39 is 22.0 Å². The van der Waals surface area contributed by atoms with Gasteiger partial charge in [0.25, 0.3) is 0 Å². The van der Waals surface area contributed by atoms with Crippen LogP contribution in [0.5, 0.6) is 0 Å². The molecule has 2 heterocycles. The van der Waals surface area contributed by atoms with Gasteiger partial charge >= 0.3 is 5.97 Å². The van der Waals surface area contributed by atoms with Gasteiger partial charge in [0.15, 0.2) is 0 Å². The van der Waals surface area contributed by atoms with Crippen molar-refractivity contribution in [2.45, 2.75) is 68.5 Å². The number of sulfonamides is 1. The Morgan fingerprint density at radius 1 is 1.03 bits per heavy atom. The van der Waals surface area contributed by atoms with Crippen LogP contribution in [-0.2, 0) is 31.0 Å². The summed E-state index contributed by atoms with van der Waals surface area (Å²) in [5.41, 5.74) is 3.71. The number of hydrogen-bond acceptors (Lipinski definition) is 5. The lowest BCUT2D eigenvalue weighted by atomic mass is 9.84. The highest BCUT2D eigenvalue weighted by molar-refractivity contribution is 7.89. The molecule has 0 spiro atoms. The molecule has 1 aliphatic carbocycles. The van der Waals surface area contributed by atoms with Crippen molar-refractivity contribution < 1.29 is 27.9 Å². The molecule has 3 aromatic rings. The first-order valence-electron chi connectivity index (χ1n) is 13.5. The van der Waals surface area contributed by atoms with Gasteiger partial charge in [-0.3, -0.25) is 4.79 Å². The summed E-state index contributed by atoms with van der Waals surface area (Å²) in [5, 5.41) is 10.4. The van der Waals surface area contributed by atoms with E-state index in [1.807, 2.05) is 30.3 Å². The molecule has 2 fully saturated rings. The van der Waals surface area contributed by atoms with Crippen LogP contribution in [-0.4, -0.2) is 61.0 Å². The van der Waals surface area contributed by atoms with E-state index in [9.17, 15) is 23.1 Å². The summed E-state index contributed by atoms with van der Waals surface area (Å²) in [4.78, 5) is 29.7. The minimum atomic E-state index is -3.75. The SMILES string of the molecule is COCc1ccc(-c2cc3ccc(S(=O)(=O)N[C@H]4CC[C@H](C(=O)N5CCCCC5C(=O)O)CC4)cc3[nH]2)cc1. The highest BCUT2D eigenvalue weighted by Gasteiger charge is 2.37. The van der Waals surface area contributed by atoms with Crippen molar-refractivity contribution in [3.63, 3.8) is 0 Å². The van der Waals surface area contributed by atoms with Gasteiger partial charge in [-0.2, -0.15) is 0 Å². The van der Waals surface area contributed by atoms with E-state index in [4.69, 9.17) is 4.74 Å². The summed E-state index contributed by atoms with van der Waals surface area (Å²) >= 11 is 0. The Hall–Kier alpha value is -3.21. The number of likely N-dealkylation sites (tertiary alicyclic amines) is 1. The number of carboxylic acid groups (broad SMARTS) is 1. The van der Waals surface area contributed by atoms with Gasteiger partial charge < -0.3 is 19.7 Å². The van der Waals surface area contributed by atoms with E-state index in [0.717, 1.165) is 40.6 Å². The lowest BCUT2D eigenvalue weighted by Crippen LogP contribution is -2.51. The number of methoxy groups -OCH3 is 1. The van der Waals surface area contributed by atoms with Crippen LogP contribution in [0, 0.1) is 5.92 Å². The van der Waals surface area contributed by atoms with Gasteiger partial charge in [-0.15, -0.1) is 0 Å². The Morgan fingerprint density at radius 2 is 1.77 bits per heavy atom. The Kier molecular flexibility index (Phi) is 8.06. The minimum absolute atomic E-state index is 0.107. The maximum Gasteiger partial charge on any atom is 0.326 e. The van der Waals surface area contributed by atoms with Crippen molar-refractivity contribution in [2.75, 3.05) is 13.7 Å². The Balaban J connectivity index is 1.22. The van der Waals surface area contributed by atoms with Gasteiger partial charge in [0, 0.05) is 42.2 Å². The second kappa shape index (κ2) is 11.5. The van der Waals surface area contributed by atoms with Gasteiger partial charge in [0.1, 0.15) is 6.04 Å². The highest BCUT2D eigenvalue weighted by Crippen LogP contribution is 2.31. The molecule has 5 rings (SSSR count). The number of piperidine rings is 1. The summed E-state index contributed by atoms with van der Waals surface area (Å²) in [5.74, 6) is -1.32. The van der Waals surface area contributed by atoms with Gasteiger partial charge in [0.05, 0.1) is 11.5 Å². The number of carbonyl (C=O) groups excluding carboxylic acids is 1. The number of ether oxygens (including phenoxy) is 1. The van der Waals surface area contributed by atoms with Crippen LogP contribution in [0.15, 0.2) is 53.4 Å². The van der Waals surface area contributed by atoms with E-state index in [1.165, 1.54) is 4.90 Å². The molecule has 39 heavy (non-hydrogen) atoms. The lowest BCUT2D eigenvalue weighted by molar-refractivity contribution is -0.154. The molecular weight excluding hydrogens is 518 g/mol. The van der Waals surface area contributed by atoms with Crippen LogP contribution in [0.4, 0.5) is 0 Å². The van der Waals surface area contributed by atoms with Crippen molar-refractivity contribution in [2.24, 2.45) is 5.92 Å². The predicted octanol–water partition coefficient (Wildman–Crippen LogP) is 4.28. The number of H-pyrrole nitrogens is 1. The maximum atomic E-state index is 13.2. The van der Waals surface area contributed by atoms with Crippen LogP contribution >= 0.6 is 0 Å². The largest absolute Gasteiger partial charge is 0.480 e. The smallest absolute Gasteiger partial charge is 0.326 e. The normalized spacial score (nSPS) is 22.2. The van der Waals surface area contributed by atoms with E-state index in [-0.39, 0.29) is 22.8 Å². The number of hydrogen-bond donors (Lipinski definition) is 3. The first-order valence-corrected chi connectivity index (χ1v) is 15.0. The molecule has 1 saturated heterocycles. The Morgan fingerprint density at radius 3 is 2.46 bits per heavy atom. The Labute approximate surface area is 228 Å². The molecule has 0 radical (unpaired) electrons. The molecule has 1 aromatic heterocycles. The van der Waals surface area contributed by atoms with Crippen LogP contribution in [0.3, 0.4) is 0 Å². The molecule has 9 nitrogen and oxygen atoms in total. The number of amides is 1. The molecule has 1 atom stereocenters. The molecule has 2 aliphatic rings. The summed E-state index contributed by atoms with van der Waals surface area (Å²) < 4.78 is 34.4. The number of aromatic amines is 1. The topological polar surface area (TPSA) is 129 Å². The summed E-state index contributed by atoms with van der Waals surface area (Å²) in [7, 11) is -2.09. The Bertz CT molecular complexity index is 1440. The van der Waals surface area contributed by atoms with E-state index in [2.05, 4.69) is 9.71 Å². The van der Waals surface area contributed by atoms with Crippen LogP contribution < -0.4 is 4.72 Å². The van der Waals surface area contributed by atoms with E-state index in [1.54, 1.807) is 25.3 Å². The van der Waals surface area contributed by atoms with Crippen molar-refractivity contribution in [3.05, 3.63) is 54.1 Å². The van der Waals surface area contributed by atoms with Crippen molar-refractivity contribution in [3.8, 4) is 11.3 Å². The average Bonchev–Trinajstić information content (AvgIpc) is 3.37. The predicted molar refractivity (Wildman–Crippen MR) is 148 cm³/mol. The molecular formula is C29H35N3O6S. The molecule has 2 aromatic carbocycles. The van der Waals surface area contributed by atoms with Gasteiger partial charge in [-0.1, -0.05) is 30.3 Å². The average molecular weight is 554 g/mol. The van der Waals surface area contributed by atoms with E-state index in [0.29, 0.717) is 45.3 Å². The third-order valence-corrected chi connectivity index (χ3v) is 9.47.